The highest BCUT2D eigenvalue weighted by Gasteiger charge is 2.30. The Morgan fingerprint density at radius 1 is 1.08 bits per heavy atom. The van der Waals surface area contributed by atoms with Crippen LogP contribution < -0.4 is 10.6 Å². The number of rotatable bonds is 10. The summed E-state index contributed by atoms with van der Waals surface area (Å²) in [6.45, 7) is 6.00. The summed E-state index contributed by atoms with van der Waals surface area (Å²) >= 11 is 3.88. The van der Waals surface area contributed by atoms with Gasteiger partial charge in [-0.05, 0) is 42.8 Å². The molecule has 4 atom stereocenters. The number of hydrogen-bond donors (Lipinski definition) is 2. The number of thioether (sulfide) groups is 2. The molecule has 0 saturated heterocycles. The monoisotopic (exact) mass is 406 g/mol. The van der Waals surface area contributed by atoms with Crippen LogP contribution in [-0.2, 0) is 9.47 Å². The van der Waals surface area contributed by atoms with Gasteiger partial charge in [0.2, 0.25) is 0 Å². The zero-order chi connectivity index (χ0) is 19.4. The maximum Gasteiger partial charge on any atom is 0.406 e. The number of carbonyl (C=O) groups excluding carboxylic acids is 2. The molecule has 0 aromatic carbocycles. The van der Waals surface area contributed by atoms with E-state index in [0.717, 1.165) is 29.1 Å². The number of methoxy groups -OCH3 is 2. The van der Waals surface area contributed by atoms with E-state index in [9.17, 15) is 9.59 Å². The van der Waals surface area contributed by atoms with Crippen LogP contribution in [0.25, 0.3) is 0 Å². The van der Waals surface area contributed by atoms with Gasteiger partial charge in [-0.15, -0.1) is 0 Å². The quantitative estimate of drug-likeness (QED) is 0.540. The molecule has 1 rings (SSSR count). The summed E-state index contributed by atoms with van der Waals surface area (Å²) in [5.41, 5.74) is 0. The maximum atomic E-state index is 11.1. The predicted molar refractivity (Wildman–Crippen MR) is 110 cm³/mol. The topological polar surface area (TPSA) is 76.7 Å². The second-order valence-corrected chi connectivity index (χ2v) is 9.35. The molecule has 152 valence electrons. The average molecular weight is 407 g/mol. The van der Waals surface area contributed by atoms with Crippen molar-refractivity contribution in [3.63, 3.8) is 0 Å². The maximum absolute atomic E-state index is 11.1. The van der Waals surface area contributed by atoms with Crippen molar-refractivity contribution in [2.75, 3.05) is 44.6 Å². The van der Waals surface area contributed by atoms with Crippen molar-refractivity contribution >= 4 is 35.7 Å². The molecule has 0 spiro atoms. The second kappa shape index (κ2) is 13.4. The zero-order valence-electron chi connectivity index (χ0n) is 16.4. The van der Waals surface area contributed by atoms with Crippen molar-refractivity contribution in [1.82, 2.24) is 10.6 Å². The lowest BCUT2D eigenvalue weighted by Gasteiger charge is -2.37. The molecule has 2 N–H and O–H groups in total. The summed E-state index contributed by atoms with van der Waals surface area (Å²) in [4.78, 5) is 22.1. The molecule has 0 aromatic rings. The fraction of sp³-hybridized carbons (Fsp3) is 0.889. The highest BCUT2D eigenvalue weighted by Crippen LogP contribution is 2.40. The van der Waals surface area contributed by atoms with E-state index in [1.165, 1.54) is 33.5 Å². The molecule has 1 aliphatic carbocycles. The molecule has 0 heterocycles. The second-order valence-electron chi connectivity index (χ2n) is 6.85. The van der Waals surface area contributed by atoms with Crippen LogP contribution in [0.5, 0.6) is 0 Å². The van der Waals surface area contributed by atoms with Gasteiger partial charge in [-0.3, -0.25) is 0 Å². The van der Waals surface area contributed by atoms with Crippen LogP contribution in [0.4, 0.5) is 9.59 Å². The average Bonchev–Trinajstić information content (AvgIpc) is 2.65. The van der Waals surface area contributed by atoms with Crippen molar-refractivity contribution < 1.29 is 19.1 Å². The fourth-order valence-corrected chi connectivity index (χ4v) is 5.63. The zero-order valence-corrected chi connectivity index (χ0v) is 18.0. The molecule has 0 radical (unpaired) electrons. The van der Waals surface area contributed by atoms with Crippen LogP contribution >= 0.6 is 23.5 Å². The molecule has 0 aromatic heterocycles. The number of nitrogens with one attached hydrogen (secondary N) is 2. The van der Waals surface area contributed by atoms with E-state index in [1.54, 1.807) is 0 Å². The van der Waals surface area contributed by atoms with E-state index >= 15 is 0 Å². The summed E-state index contributed by atoms with van der Waals surface area (Å²) in [6, 6.07) is 0. The first-order chi connectivity index (χ1) is 12.5. The minimum Gasteiger partial charge on any atom is -0.453 e. The van der Waals surface area contributed by atoms with E-state index in [1.807, 2.05) is 23.5 Å². The molecule has 0 aliphatic heterocycles. The van der Waals surface area contributed by atoms with Crippen molar-refractivity contribution in [1.29, 1.82) is 0 Å². The van der Waals surface area contributed by atoms with Gasteiger partial charge in [0.05, 0.1) is 14.2 Å². The smallest absolute Gasteiger partial charge is 0.406 e. The molecule has 26 heavy (non-hydrogen) atoms. The van der Waals surface area contributed by atoms with E-state index in [4.69, 9.17) is 0 Å². The Morgan fingerprint density at radius 3 is 2.31 bits per heavy atom. The van der Waals surface area contributed by atoms with Gasteiger partial charge in [0, 0.05) is 29.8 Å². The van der Waals surface area contributed by atoms with Crippen LogP contribution in [0, 0.1) is 17.8 Å². The molecule has 6 nitrogen and oxygen atoms in total. The molecule has 1 saturated carbocycles. The third kappa shape index (κ3) is 9.26. The van der Waals surface area contributed by atoms with Crippen molar-refractivity contribution in [2.45, 2.75) is 38.4 Å². The van der Waals surface area contributed by atoms with Gasteiger partial charge in [-0.25, -0.2) is 9.59 Å². The van der Waals surface area contributed by atoms with E-state index in [2.05, 4.69) is 34.0 Å². The van der Waals surface area contributed by atoms with Crippen molar-refractivity contribution in [3.8, 4) is 0 Å². The Morgan fingerprint density at radius 2 is 1.69 bits per heavy atom. The van der Waals surface area contributed by atoms with Crippen molar-refractivity contribution in [3.05, 3.63) is 0 Å². The lowest BCUT2D eigenvalue weighted by molar-refractivity contribution is 0.171. The number of alkyl carbamates (subject to hydrolysis) is 2. The standard InChI is InChI=1S/C18H34N2O4S2/c1-13-5-6-15(11-16(13)26-10-8-20-18(22)24-4)14(2)12-25-9-7-19-17(21)23-3/h13-16H,5-12H2,1-4H3,(H,19,21)(H,20,22)/t13?,14?,15-,16?/m0/s1. The lowest BCUT2D eigenvalue weighted by atomic mass is 9.77. The minimum absolute atomic E-state index is 0.354. The van der Waals surface area contributed by atoms with Gasteiger partial charge in [0.15, 0.2) is 0 Å². The lowest BCUT2D eigenvalue weighted by Crippen LogP contribution is -2.31. The summed E-state index contributed by atoms with van der Waals surface area (Å²) in [5.74, 6) is 5.15. The fourth-order valence-electron chi connectivity index (χ4n) is 3.20. The van der Waals surface area contributed by atoms with Crippen LogP contribution in [0.1, 0.15) is 33.1 Å². The molecule has 3 unspecified atom stereocenters. The third-order valence-corrected chi connectivity index (χ3v) is 7.72. The van der Waals surface area contributed by atoms with Gasteiger partial charge < -0.3 is 20.1 Å². The van der Waals surface area contributed by atoms with E-state index < -0.39 is 0 Å². The number of amides is 2. The molecule has 1 aliphatic rings. The SMILES string of the molecule is COC(=O)NCCSCC(C)[C@H]1CCC(C)C(SCCNC(=O)OC)C1. The predicted octanol–water partition coefficient (Wildman–Crippen LogP) is 3.61. The Hall–Kier alpha value is -0.760. The summed E-state index contributed by atoms with van der Waals surface area (Å²) < 4.78 is 9.16. The molecule has 2 amide bonds. The summed E-state index contributed by atoms with van der Waals surface area (Å²) in [5, 5.41) is 6.13. The first-order valence-electron chi connectivity index (χ1n) is 9.30. The highest BCUT2D eigenvalue weighted by molar-refractivity contribution is 8.00. The normalized spacial score (nSPS) is 23.8. The first-order valence-corrected chi connectivity index (χ1v) is 11.5. The van der Waals surface area contributed by atoms with Crippen LogP contribution in [0.2, 0.25) is 0 Å². The van der Waals surface area contributed by atoms with Crippen molar-refractivity contribution in [2.24, 2.45) is 17.8 Å². The van der Waals surface area contributed by atoms with Gasteiger partial charge in [-0.1, -0.05) is 13.8 Å². The largest absolute Gasteiger partial charge is 0.453 e. The van der Waals surface area contributed by atoms with Gasteiger partial charge in [-0.2, -0.15) is 23.5 Å². The number of ether oxygens (including phenoxy) is 2. The highest BCUT2D eigenvalue weighted by atomic mass is 32.2. The number of hydrogen-bond acceptors (Lipinski definition) is 6. The molecule has 1 fully saturated rings. The van der Waals surface area contributed by atoms with E-state index in [0.29, 0.717) is 24.3 Å². The van der Waals surface area contributed by atoms with Gasteiger partial charge in [0.1, 0.15) is 0 Å². The Kier molecular flexibility index (Phi) is 12.0. The Labute approximate surface area is 166 Å². The molecule has 0 bridgehead atoms. The van der Waals surface area contributed by atoms with Crippen LogP contribution in [-0.4, -0.2) is 62.0 Å². The molecular formula is C18H34N2O4S2. The van der Waals surface area contributed by atoms with Crippen LogP contribution in [0.3, 0.4) is 0 Å². The minimum atomic E-state index is -0.360. The third-order valence-electron chi connectivity index (χ3n) is 4.94. The van der Waals surface area contributed by atoms with Gasteiger partial charge >= 0.3 is 12.2 Å². The molecule has 8 heteroatoms. The summed E-state index contributed by atoms with van der Waals surface area (Å²) in [7, 11) is 2.77. The Bertz CT molecular complexity index is 426. The number of carbonyl (C=O) groups is 2. The first kappa shape index (κ1) is 23.3. The van der Waals surface area contributed by atoms with Crippen LogP contribution in [0.15, 0.2) is 0 Å². The molecular weight excluding hydrogens is 372 g/mol. The Balaban J connectivity index is 2.23. The van der Waals surface area contributed by atoms with E-state index in [-0.39, 0.29) is 12.2 Å². The summed E-state index contributed by atoms with van der Waals surface area (Å²) in [6.07, 6.45) is 3.13. The van der Waals surface area contributed by atoms with Gasteiger partial charge in [0.25, 0.3) is 0 Å².